The van der Waals surface area contributed by atoms with Gasteiger partial charge in [-0.15, -0.1) is 0 Å². The van der Waals surface area contributed by atoms with Gasteiger partial charge >= 0.3 is 5.97 Å². The first kappa shape index (κ1) is 13.8. The first-order valence-electron chi connectivity index (χ1n) is 6.36. The van der Waals surface area contributed by atoms with Crippen molar-refractivity contribution in [3.8, 4) is 0 Å². The van der Waals surface area contributed by atoms with Gasteiger partial charge < -0.3 is 4.74 Å². The van der Waals surface area contributed by atoms with Crippen molar-refractivity contribution in [2.24, 2.45) is 5.92 Å². The van der Waals surface area contributed by atoms with E-state index in [9.17, 15) is 4.79 Å². The van der Waals surface area contributed by atoms with Crippen LogP contribution in [-0.2, 0) is 9.53 Å². The van der Waals surface area contributed by atoms with Crippen LogP contribution in [0.4, 0.5) is 0 Å². The molecule has 0 aromatic carbocycles. The van der Waals surface area contributed by atoms with E-state index in [0.717, 1.165) is 18.4 Å². The van der Waals surface area contributed by atoms with E-state index in [0.29, 0.717) is 11.5 Å². The van der Waals surface area contributed by atoms with Gasteiger partial charge in [-0.25, -0.2) is 4.79 Å². The van der Waals surface area contributed by atoms with Gasteiger partial charge in [-0.2, -0.15) is 0 Å². The molecule has 0 saturated heterocycles. The molecule has 1 rings (SSSR count). The maximum Gasteiger partial charge on any atom is 0.339 e. The molecule has 0 aromatic rings. The normalized spacial score (nSPS) is 22.8. The van der Waals surface area contributed by atoms with Crippen molar-refractivity contribution in [3.05, 3.63) is 35.5 Å². The largest absolute Gasteiger partial charge is 0.454 e. The van der Waals surface area contributed by atoms with Crippen LogP contribution in [0.25, 0.3) is 0 Å². The number of cyclic esters (lactones) is 1. The van der Waals surface area contributed by atoms with Gasteiger partial charge in [0.1, 0.15) is 6.10 Å². The predicted octanol–water partition coefficient (Wildman–Crippen LogP) is 3.80. The van der Waals surface area contributed by atoms with Gasteiger partial charge in [0.15, 0.2) is 0 Å². The summed E-state index contributed by atoms with van der Waals surface area (Å²) in [5, 5.41) is 0. The number of rotatable bonds is 5. The van der Waals surface area contributed by atoms with E-state index in [1.54, 1.807) is 0 Å². The number of hydrogen-bond donors (Lipinski definition) is 0. The summed E-state index contributed by atoms with van der Waals surface area (Å²) >= 11 is 0. The Bertz CT molecular complexity index is 361. The Morgan fingerprint density at radius 1 is 1.29 bits per heavy atom. The van der Waals surface area contributed by atoms with Crippen molar-refractivity contribution in [2.45, 2.75) is 46.6 Å². The average molecular weight is 234 g/mol. The second kappa shape index (κ2) is 6.43. The highest BCUT2D eigenvalue weighted by Gasteiger charge is 2.34. The topological polar surface area (TPSA) is 26.3 Å². The van der Waals surface area contributed by atoms with Crippen molar-refractivity contribution >= 4 is 5.97 Å². The van der Waals surface area contributed by atoms with Crippen LogP contribution in [0.3, 0.4) is 0 Å². The Kier molecular flexibility index (Phi) is 5.20. The third-order valence-corrected chi connectivity index (χ3v) is 3.01. The fraction of sp³-hybridized carbons (Fsp3) is 0.533. The summed E-state index contributed by atoms with van der Waals surface area (Å²) in [6.07, 6.45) is 9.79. The van der Waals surface area contributed by atoms with E-state index in [2.05, 4.69) is 13.8 Å². The zero-order valence-corrected chi connectivity index (χ0v) is 11.2. The zero-order chi connectivity index (χ0) is 12.8. The Morgan fingerprint density at radius 2 is 1.94 bits per heavy atom. The zero-order valence-electron chi connectivity index (χ0n) is 11.2. The highest BCUT2D eigenvalue weighted by atomic mass is 16.5. The molecule has 0 amide bonds. The lowest BCUT2D eigenvalue weighted by molar-refractivity contribution is -0.141. The first-order valence-corrected chi connectivity index (χ1v) is 6.36. The SMILES string of the molecule is C/C=C\C1=C(/C=C\C)C(C(C)CCC)OC1=O. The highest BCUT2D eigenvalue weighted by molar-refractivity contribution is 5.96. The summed E-state index contributed by atoms with van der Waals surface area (Å²) in [5.74, 6) is 0.182. The standard InChI is InChI=1S/C15H22O2/c1-5-8-11(4)14-12(9-6-2)13(10-7-3)15(16)17-14/h6-7,9-11,14H,5,8H2,1-4H3/b9-6-,10-7-. The van der Waals surface area contributed by atoms with Crippen molar-refractivity contribution in [1.29, 1.82) is 0 Å². The Hall–Kier alpha value is -1.31. The van der Waals surface area contributed by atoms with Crippen LogP contribution in [0.5, 0.6) is 0 Å². The quantitative estimate of drug-likeness (QED) is 0.676. The summed E-state index contributed by atoms with van der Waals surface area (Å²) in [5.41, 5.74) is 1.73. The van der Waals surface area contributed by atoms with E-state index in [4.69, 9.17) is 4.74 Å². The van der Waals surface area contributed by atoms with E-state index in [1.807, 2.05) is 38.2 Å². The fourth-order valence-electron chi connectivity index (χ4n) is 2.24. The van der Waals surface area contributed by atoms with E-state index in [1.165, 1.54) is 0 Å². The van der Waals surface area contributed by atoms with Crippen LogP contribution >= 0.6 is 0 Å². The molecule has 0 aromatic heterocycles. The molecule has 0 radical (unpaired) electrons. The van der Waals surface area contributed by atoms with E-state index < -0.39 is 0 Å². The van der Waals surface area contributed by atoms with Crippen LogP contribution in [0.15, 0.2) is 35.5 Å². The van der Waals surface area contributed by atoms with Crippen molar-refractivity contribution in [3.63, 3.8) is 0 Å². The van der Waals surface area contributed by atoms with Gasteiger partial charge in [-0.3, -0.25) is 0 Å². The van der Waals surface area contributed by atoms with Crippen LogP contribution in [0, 0.1) is 5.92 Å². The molecule has 2 nitrogen and oxygen atoms in total. The lowest BCUT2D eigenvalue weighted by atomic mass is 9.92. The van der Waals surface area contributed by atoms with Crippen molar-refractivity contribution in [2.75, 3.05) is 0 Å². The summed E-state index contributed by atoms with van der Waals surface area (Å²) in [4.78, 5) is 11.8. The fourth-order valence-corrected chi connectivity index (χ4v) is 2.24. The molecular weight excluding hydrogens is 212 g/mol. The molecule has 0 saturated carbocycles. The van der Waals surface area contributed by atoms with E-state index >= 15 is 0 Å². The summed E-state index contributed by atoms with van der Waals surface area (Å²) in [6, 6.07) is 0. The smallest absolute Gasteiger partial charge is 0.339 e. The lowest BCUT2D eigenvalue weighted by Gasteiger charge is -2.19. The minimum atomic E-state index is -0.191. The van der Waals surface area contributed by atoms with Gasteiger partial charge in [0, 0.05) is 5.57 Å². The molecular formula is C15H22O2. The predicted molar refractivity (Wildman–Crippen MR) is 70.6 cm³/mol. The van der Waals surface area contributed by atoms with Crippen LogP contribution < -0.4 is 0 Å². The molecule has 2 atom stereocenters. The Balaban J connectivity index is 3.05. The number of allylic oxidation sites excluding steroid dienone is 2. The number of carbonyl (C=O) groups is 1. The number of carbonyl (C=O) groups excluding carboxylic acids is 1. The maximum absolute atomic E-state index is 11.8. The van der Waals surface area contributed by atoms with Crippen LogP contribution in [-0.4, -0.2) is 12.1 Å². The summed E-state index contributed by atoms with van der Waals surface area (Å²) < 4.78 is 5.49. The second-order valence-corrected chi connectivity index (χ2v) is 4.46. The maximum atomic E-state index is 11.8. The molecule has 0 N–H and O–H groups in total. The summed E-state index contributed by atoms with van der Waals surface area (Å²) in [7, 11) is 0. The lowest BCUT2D eigenvalue weighted by Crippen LogP contribution is -2.20. The van der Waals surface area contributed by atoms with Gasteiger partial charge in [-0.1, -0.05) is 44.6 Å². The van der Waals surface area contributed by atoms with Gasteiger partial charge in [0.05, 0.1) is 5.57 Å². The van der Waals surface area contributed by atoms with Gasteiger partial charge in [0.2, 0.25) is 0 Å². The molecule has 1 aliphatic rings. The van der Waals surface area contributed by atoms with Crippen molar-refractivity contribution < 1.29 is 9.53 Å². The first-order chi connectivity index (χ1) is 8.15. The Labute approximate surface area is 104 Å². The van der Waals surface area contributed by atoms with Gasteiger partial charge in [-0.05, 0) is 26.2 Å². The molecule has 1 aliphatic heterocycles. The second-order valence-electron chi connectivity index (χ2n) is 4.46. The third-order valence-electron chi connectivity index (χ3n) is 3.01. The average Bonchev–Trinajstić information content (AvgIpc) is 2.59. The minimum absolute atomic E-state index is 0.0788. The van der Waals surface area contributed by atoms with Crippen molar-refractivity contribution in [1.82, 2.24) is 0 Å². The molecule has 0 spiro atoms. The van der Waals surface area contributed by atoms with Gasteiger partial charge in [0.25, 0.3) is 0 Å². The van der Waals surface area contributed by atoms with E-state index in [-0.39, 0.29) is 12.1 Å². The molecule has 1 heterocycles. The number of esters is 1. The molecule has 94 valence electrons. The molecule has 0 bridgehead atoms. The third kappa shape index (κ3) is 3.09. The molecule has 0 aliphatic carbocycles. The molecule has 0 fully saturated rings. The van der Waals surface area contributed by atoms with Crippen LogP contribution in [0.2, 0.25) is 0 Å². The van der Waals surface area contributed by atoms with Crippen LogP contribution in [0.1, 0.15) is 40.5 Å². The number of hydrogen-bond acceptors (Lipinski definition) is 2. The highest BCUT2D eigenvalue weighted by Crippen LogP contribution is 2.31. The minimum Gasteiger partial charge on any atom is -0.454 e. The number of ether oxygens (including phenoxy) is 1. The summed E-state index contributed by atoms with van der Waals surface area (Å²) in [6.45, 7) is 8.17. The monoisotopic (exact) mass is 234 g/mol. The Morgan fingerprint density at radius 3 is 2.47 bits per heavy atom. The molecule has 2 unspecified atom stereocenters. The molecule has 2 heteroatoms. The molecule has 17 heavy (non-hydrogen) atoms.